The van der Waals surface area contributed by atoms with Crippen molar-refractivity contribution >= 4 is 33.0 Å². The van der Waals surface area contributed by atoms with E-state index in [9.17, 15) is 13.2 Å². The highest BCUT2D eigenvalue weighted by molar-refractivity contribution is 7.89. The number of nitrogens with zero attached hydrogens (tertiary/aromatic N) is 3. The second kappa shape index (κ2) is 9.97. The van der Waals surface area contributed by atoms with Gasteiger partial charge in [-0.2, -0.15) is 4.31 Å². The fourth-order valence-electron chi connectivity index (χ4n) is 3.24. The van der Waals surface area contributed by atoms with Gasteiger partial charge in [0, 0.05) is 30.7 Å². The van der Waals surface area contributed by atoms with Crippen molar-refractivity contribution in [3.05, 3.63) is 39.8 Å². The van der Waals surface area contributed by atoms with Crippen molar-refractivity contribution in [3.63, 3.8) is 0 Å². The molecule has 3 rings (SSSR count). The summed E-state index contributed by atoms with van der Waals surface area (Å²) >= 11 is 1.62. The highest BCUT2D eigenvalue weighted by Crippen LogP contribution is 2.24. The molecule has 8 nitrogen and oxygen atoms in total. The van der Waals surface area contributed by atoms with Gasteiger partial charge in [0.15, 0.2) is 0 Å². The minimum atomic E-state index is -3.63. The lowest BCUT2D eigenvalue weighted by atomic mass is 10.2. The highest BCUT2D eigenvalue weighted by atomic mass is 32.2. The lowest BCUT2D eigenvalue weighted by Gasteiger charge is -2.27. The molecule has 0 aliphatic carbocycles. The van der Waals surface area contributed by atoms with Crippen LogP contribution in [0.25, 0.3) is 0 Å². The second-order valence-corrected chi connectivity index (χ2v) is 10.2. The summed E-state index contributed by atoms with van der Waals surface area (Å²) in [5.74, 6) is -0.206. The van der Waals surface area contributed by atoms with Gasteiger partial charge < -0.3 is 10.1 Å². The van der Waals surface area contributed by atoms with Gasteiger partial charge in [-0.15, -0.1) is 11.3 Å². The van der Waals surface area contributed by atoms with Gasteiger partial charge in [0.1, 0.15) is 0 Å². The first kappa shape index (κ1) is 22.8. The van der Waals surface area contributed by atoms with E-state index < -0.39 is 10.0 Å². The van der Waals surface area contributed by atoms with Gasteiger partial charge in [-0.05, 0) is 38.1 Å². The normalized spacial score (nSPS) is 15.5. The molecule has 1 aliphatic heterocycles. The Labute approximate surface area is 181 Å². The first-order chi connectivity index (χ1) is 14.3. The van der Waals surface area contributed by atoms with Crippen molar-refractivity contribution in [2.75, 3.05) is 45.2 Å². The van der Waals surface area contributed by atoms with Gasteiger partial charge >= 0.3 is 0 Å². The number of aryl methyl sites for hydroxylation is 2. The topological polar surface area (TPSA) is 91.8 Å². The summed E-state index contributed by atoms with van der Waals surface area (Å²) in [6.07, 6.45) is 0.901. The summed E-state index contributed by atoms with van der Waals surface area (Å²) in [6, 6.07) is 4.97. The van der Waals surface area contributed by atoms with E-state index in [1.165, 1.54) is 10.4 Å². The van der Waals surface area contributed by atoms with Gasteiger partial charge in [0.25, 0.3) is 0 Å². The number of morpholine rings is 1. The van der Waals surface area contributed by atoms with E-state index in [1.54, 1.807) is 30.4 Å². The van der Waals surface area contributed by atoms with Gasteiger partial charge in [-0.1, -0.05) is 13.0 Å². The van der Waals surface area contributed by atoms with Crippen molar-refractivity contribution in [1.82, 2.24) is 14.2 Å². The molecule has 0 unspecified atom stereocenters. The first-order valence-electron chi connectivity index (χ1n) is 9.90. The number of hydrogen-bond donors (Lipinski definition) is 1. The number of sulfonamides is 1. The van der Waals surface area contributed by atoms with E-state index >= 15 is 0 Å². The van der Waals surface area contributed by atoms with Crippen LogP contribution in [-0.4, -0.2) is 68.4 Å². The number of aromatic nitrogens is 1. The molecule has 1 aliphatic rings. The van der Waals surface area contributed by atoms with Crippen molar-refractivity contribution in [2.24, 2.45) is 0 Å². The summed E-state index contributed by atoms with van der Waals surface area (Å²) in [5, 5.41) is 5.90. The molecule has 164 valence electrons. The van der Waals surface area contributed by atoms with Gasteiger partial charge in [0.2, 0.25) is 15.9 Å². The van der Waals surface area contributed by atoms with Crippen molar-refractivity contribution in [1.29, 1.82) is 0 Å². The van der Waals surface area contributed by atoms with E-state index in [4.69, 9.17) is 4.74 Å². The van der Waals surface area contributed by atoms with Crippen molar-refractivity contribution in [2.45, 2.75) is 31.7 Å². The van der Waals surface area contributed by atoms with Crippen LogP contribution in [0.1, 0.15) is 23.2 Å². The molecule has 0 radical (unpaired) electrons. The summed E-state index contributed by atoms with van der Waals surface area (Å²) in [7, 11) is -1.78. The lowest BCUT2D eigenvalue weighted by molar-refractivity contribution is -0.117. The number of rotatable bonds is 8. The summed E-state index contributed by atoms with van der Waals surface area (Å²) in [6.45, 7) is 6.02. The predicted octanol–water partition coefficient (Wildman–Crippen LogP) is 2.11. The first-order valence-corrected chi connectivity index (χ1v) is 12.2. The van der Waals surface area contributed by atoms with E-state index in [2.05, 4.69) is 17.2 Å². The highest BCUT2D eigenvalue weighted by Gasteiger charge is 2.28. The van der Waals surface area contributed by atoms with Gasteiger partial charge in [-0.25, -0.2) is 13.4 Å². The molecule has 1 fully saturated rings. The average molecular weight is 453 g/mol. The molecule has 10 heteroatoms. The number of thiazole rings is 1. The molecular formula is C20H28N4O4S2. The van der Waals surface area contributed by atoms with Crippen LogP contribution in [0.4, 0.5) is 5.69 Å². The molecular weight excluding hydrogens is 424 g/mol. The largest absolute Gasteiger partial charge is 0.379 e. The molecule has 1 amide bonds. The summed E-state index contributed by atoms with van der Waals surface area (Å²) in [5.41, 5.74) is 2.06. The number of likely N-dealkylation sites (N-methyl/N-ethyl adjacent to an activating group) is 1. The standard InChI is InChI=1S/C20H28N4O4S2/c1-4-20-22-17(14-29-20)12-23(3)13-19(25)21-16-6-5-15(2)18(11-16)30(26,27)24-7-9-28-10-8-24/h5-6,11,14H,4,7-10,12-13H2,1-3H3,(H,21,25). The lowest BCUT2D eigenvalue weighted by Crippen LogP contribution is -2.40. The number of benzene rings is 1. The number of carbonyl (C=O) groups excluding carboxylic acids is 1. The monoisotopic (exact) mass is 452 g/mol. The maximum Gasteiger partial charge on any atom is 0.243 e. The van der Waals surface area contributed by atoms with Crippen molar-refractivity contribution in [3.8, 4) is 0 Å². The fraction of sp³-hybridized carbons (Fsp3) is 0.500. The molecule has 2 aromatic rings. The average Bonchev–Trinajstić information content (AvgIpc) is 3.17. The maximum atomic E-state index is 13.0. The third-order valence-corrected chi connectivity index (χ3v) is 7.89. The zero-order valence-electron chi connectivity index (χ0n) is 17.6. The zero-order valence-corrected chi connectivity index (χ0v) is 19.2. The SMILES string of the molecule is CCc1nc(CN(C)CC(=O)Nc2ccc(C)c(S(=O)(=O)N3CCOCC3)c2)cs1. The number of amides is 1. The van der Waals surface area contributed by atoms with Crippen LogP contribution in [0.15, 0.2) is 28.5 Å². The van der Waals surface area contributed by atoms with E-state index in [0.29, 0.717) is 44.1 Å². The van der Waals surface area contributed by atoms with E-state index in [0.717, 1.165) is 17.1 Å². The summed E-state index contributed by atoms with van der Waals surface area (Å²) < 4.78 is 32.7. The summed E-state index contributed by atoms with van der Waals surface area (Å²) in [4.78, 5) is 19.1. The predicted molar refractivity (Wildman–Crippen MR) is 117 cm³/mol. The third-order valence-electron chi connectivity index (χ3n) is 4.81. The maximum absolute atomic E-state index is 13.0. The Balaban J connectivity index is 1.64. The van der Waals surface area contributed by atoms with Crippen molar-refractivity contribution < 1.29 is 17.9 Å². The minimum absolute atomic E-state index is 0.179. The number of ether oxygens (including phenoxy) is 1. The Morgan fingerprint density at radius 3 is 2.73 bits per heavy atom. The van der Waals surface area contributed by atoms with Crippen LogP contribution < -0.4 is 5.32 Å². The molecule has 2 heterocycles. The van der Waals surface area contributed by atoms with Crippen LogP contribution >= 0.6 is 11.3 Å². The Morgan fingerprint density at radius 2 is 2.07 bits per heavy atom. The second-order valence-electron chi connectivity index (χ2n) is 7.30. The van der Waals surface area contributed by atoms with Crippen LogP contribution in [0, 0.1) is 6.92 Å². The Hall–Kier alpha value is -1.85. The third kappa shape index (κ3) is 5.64. The fourth-order valence-corrected chi connectivity index (χ4v) is 5.64. The Bertz CT molecular complexity index is 984. The van der Waals surface area contributed by atoms with Gasteiger partial charge in [-0.3, -0.25) is 9.69 Å². The Morgan fingerprint density at radius 1 is 1.33 bits per heavy atom. The number of hydrogen-bond acceptors (Lipinski definition) is 7. The molecule has 1 aromatic carbocycles. The van der Waals surface area contributed by atoms with Crippen LogP contribution in [0.2, 0.25) is 0 Å². The molecule has 0 spiro atoms. The molecule has 1 saturated heterocycles. The molecule has 1 N–H and O–H groups in total. The number of anilines is 1. The number of nitrogens with one attached hydrogen (secondary N) is 1. The molecule has 1 aromatic heterocycles. The minimum Gasteiger partial charge on any atom is -0.379 e. The van der Waals surface area contributed by atoms with Crippen LogP contribution in [0.5, 0.6) is 0 Å². The van der Waals surface area contributed by atoms with E-state index in [-0.39, 0.29) is 17.3 Å². The van der Waals surface area contributed by atoms with Crippen LogP contribution in [-0.2, 0) is 32.5 Å². The number of carbonyl (C=O) groups is 1. The molecule has 0 atom stereocenters. The quantitative estimate of drug-likeness (QED) is 0.660. The molecule has 0 bridgehead atoms. The zero-order chi connectivity index (χ0) is 21.7. The molecule has 0 saturated carbocycles. The van der Waals surface area contributed by atoms with E-state index in [1.807, 2.05) is 17.3 Å². The molecule has 30 heavy (non-hydrogen) atoms. The smallest absolute Gasteiger partial charge is 0.243 e. The van der Waals surface area contributed by atoms with Gasteiger partial charge in [0.05, 0.1) is 35.4 Å². The Kier molecular flexibility index (Phi) is 7.59. The van der Waals surface area contributed by atoms with Crippen LogP contribution in [0.3, 0.4) is 0 Å².